The molecule has 0 spiro atoms. The first-order chi connectivity index (χ1) is 4.93. The third-order valence-electron chi connectivity index (χ3n) is 1.58. The van der Waals surface area contributed by atoms with Crippen molar-refractivity contribution < 1.29 is 4.42 Å². The second kappa shape index (κ2) is 4.15. The van der Waals surface area contributed by atoms with Crippen molar-refractivity contribution in [1.82, 2.24) is 0 Å². The normalized spacial score (nSPS) is 10.1. The van der Waals surface area contributed by atoms with Crippen molar-refractivity contribution in [3.63, 3.8) is 0 Å². The van der Waals surface area contributed by atoms with E-state index in [1.165, 1.54) is 24.8 Å². The van der Waals surface area contributed by atoms with E-state index < -0.39 is 0 Å². The Morgan fingerprint density at radius 1 is 1.50 bits per heavy atom. The van der Waals surface area contributed by atoms with Gasteiger partial charge in [0.05, 0.1) is 6.26 Å². The lowest BCUT2D eigenvalue weighted by Gasteiger charge is -1.92. The summed E-state index contributed by atoms with van der Waals surface area (Å²) in [7, 11) is 0. The predicted molar refractivity (Wildman–Crippen MR) is 40.8 cm³/mol. The van der Waals surface area contributed by atoms with E-state index in [1.807, 2.05) is 6.07 Å². The topological polar surface area (TPSA) is 13.1 Å². The lowest BCUT2D eigenvalue weighted by molar-refractivity contribution is 0.553. The van der Waals surface area contributed by atoms with Gasteiger partial charge in [-0.1, -0.05) is 19.8 Å². The fraction of sp³-hybridized carbons (Fsp3) is 0.556. The van der Waals surface area contributed by atoms with E-state index in [9.17, 15) is 0 Å². The van der Waals surface area contributed by atoms with Crippen LogP contribution in [0.2, 0.25) is 0 Å². The minimum absolute atomic E-state index is 1.12. The molecule has 0 aliphatic rings. The molecule has 0 saturated heterocycles. The van der Waals surface area contributed by atoms with Gasteiger partial charge in [-0.15, -0.1) is 0 Å². The summed E-state index contributed by atoms with van der Waals surface area (Å²) in [6.45, 7) is 2.21. The van der Waals surface area contributed by atoms with Crippen molar-refractivity contribution in [3.8, 4) is 0 Å². The molecule has 0 N–H and O–H groups in total. The SMILES string of the molecule is CCCCCc1[c]occ1. The van der Waals surface area contributed by atoms with Gasteiger partial charge in [0.2, 0.25) is 0 Å². The van der Waals surface area contributed by atoms with Crippen LogP contribution in [0.15, 0.2) is 16.7 Å². The lowest BCUT2D eigenvalue weighted by Crippen LogP contribution is -1.80. The van der Waals surface area contributed by atoms with E-state index in [-0.39, 0.29) is 0 Å². The van der Waals surface area contributed by atoms with Crippen LogP contribution in [0.5, 0.6) is 0 Å². The molecule has 0 unspecified atom stereocenters. The van der Waals surface area contributed by atoms with Crippen LogP contribution >= 0.6 is 0 Å². The van der Waals surface area contributed by atoms with E-state index >= 15 is 0 Å². The summed E-state index contributed by atoms with van der Waals surface area (Å²) in [5.74, 6) is 0. The second-order valence-electron chi connectivity index (χ2n) is 2.51. The summed E-state index contributed by atoms with van der Waals surface area (Å²) in [6, 6.07) is 1.98. The third kappa shape index (κ3) is 2.26. The van der Waals surface area contributed by atoms with Gasteiger partial charge in [0, 0.05) is 5.56 Å². The summed E-state index contributed by atoms with van der Waals surface area (Å²) in [5.41, 5.74) is 1.20. The number of rotatable bonds is 4. The minimum Gasteiger partial charge on any atom is -0.461 e. The highest BCUT2D eigenvalue weighted by Gasteiger charge is 1.93. The summed E-state index contributed by atoms with van der Waals surface area (Å²) in [6.07, 6.45) is 9.45. The summed E-state index contributed by atoms with van der Waals surface area (Å²) in [4.78, 5) is 0. The van der Waals surface area contributed by atoms with E-state index in [0.29, 0.717) is 0 Å². The first-order valence-electron chi connectivity index (χ1n) is 3.87. The van der Waals surface area contributed by atoms with Crippen LogP contribution in [0.25, 0.3) is 0 Å². The quantitative estimate of drug-likeness (QED) is 0.581. The Morgan fingerprint density at radius 2 is 2.40 bits per heavy atom. The maximum atomic E-state index is 4.82. The van der Waals surface area contributed by atoms with Crippen LogP contribution in [-0.4, -0.2) is 0 Å². The minimum atomic E-state index is 1.12. The number of furan rings is 1. The van der Waals surface area contributed by atoms with Crippen molar-refractivity contribution in [2.45, 2.75) is 32.6 Å². The Balaban J connectivity index is 2.15. The molecule has 0 fully saturated rings. The van der Waals surface area contributed by atoms with E-state index in [1.54, 1.807) is 6.26 Å². The smallest absolute Gasteiger partial charge is 0.172 e. The van der Waals surface area contributed by atoms with Gasteiger partial charge >= 0.3 is 0 Å². The van der Waals surface area contributed by atoms with Gasteiger partial charge in [-0.25, -0.2) is 0 Å². The standard InChI is InChI=1S/C9H13O/c1-2-3-4-5-9-6-7-10-8-9/h6-7H,2-5H2,1H3. The largest absolute Gasteiger partial charge is 0.461 e. The molecule has 0 aliphatic heterocycles. The Labute approximate surface area is 62.1 Å². The van der Waals surface area contributed by atoms with Crippen LogP contribution in [0.3, 0.4) is 0 Å². The zero-order valence-corrected chi connectivity index (χ0v) is 6.39. The Morgan fingerprint density at radius 3 is 3.00 bits per heavy atom. The van der Waals surface area contributed by atoms with Crippen molar-refractivity contribution in [3.05, 3.63) is 24.2 Å². The summed E-state index contributed by atoms with van der Waals surface area (Å²) < 4.78 is 4.82. The molecule has 0 bridgehead atoms. The molecule has 0 amide bonds. The molecule has 1 rings (SSSR count). The molecular weight excluding hydrogens is 124 g/mol. The molecule has 1 aromatic heterocycles. The zero-order valence-electron chi connectivity index (χ0n) is 6.39. The number of hydrogen-bond donors (Lipinski definition) is 0. The highest BCUT2D eigenvalue weighted by Crippen LogP contribution is 2.05. The average Bonchev–Trinajstić information content (AvgIpc) is 2.41. The second-order valence-corrected chi connectivity index (χ2v) is 2.51. The molecule has 0 saturated carbocycles. The summed E-state index contributed by atoms with van der Waals surface area (Å²) in [5, 5.41) is 0. The van der Waals surface area contributed by atoms with Crippen molar-refractivity contribution in [2.75, 3.05) is 0 Å². The molecular formula is C9H13O. The van der Waals surface area contributed by atoms with Crippen LogP contribution in [-0.2, 0) is 6.42 Å². The first-order valence-corrected chi connectivity index (χ1v) is 3.87. The van der Waals surface area contributed by atoms with Gasteiger partial charge in [0.1, 0.15) is 0 Å². The van der Waals surface area contributed by atoms with Gasteiger partial charge in [0.15, 0.2) is 6.26 Å². The van der Waals surface area contributed by atoms with Crippen LogP contribution in [0, 0.1) is 6.26 Å². The van der Waals surface area contributed by atoms with E-state index in [0.717, 1.165) is 6.42 Å². The predicted octanol–water partition coefficient (Wildman–Crippen LogP) is 2.81. The fourth-order valence-electron chi connectivity index (χ4n) is 0.960. The fourth-order valence-corrected chi connectivity index (χ4v) is 0.960. The molecule has 1 heterocycles. The van der Waals surface area contributed by atoms with E-state index in [4.69, 9.17) is 4.42 Å². The zero-order chi connectivity index (χ0) is 7.23. The van der Waals surface area contributed by atoms with E-state index in [2.05, 4.69) is 13.2 Å². The van der Waals surface area contributed by atoms with Crippen molar-refractivity contribution in [1.29, 1.82) is 0 Å². The van der Waals surface area contributed by atoms with Crippen molar-refractivity contribution >= 4 is 0 Å². The average molecular weight is 137 g/mol. The number of unbranched alkanes of at least 4 members (excludes halogenated alkanes) is 2. The van der Waals surface area contributed by atoms with Gasteiger partial charge in [-0.05, 0) is 18.9 Å². The Kier molecular flexibility index (Phi) is 3.07. The molecule has 0 aromatic carbocycles. The molecule has 1 heteroatoms. The van der Waals surface area contributed by atoms with Gasteiger partial charge in [-0.2, -0.15) is 0 Å². The number of aryl methyl sites for hydroxylation is 1. The maximum Gasteiger partial charge on any atom is 0.172 e. The highest BCUT2D eigenvalue weighted by atomic mass is 16.3. The number of hydrogen-bond acceptors (Lipinski definition) is 1. The van der Waals surface area contributed by atoms with Crippen LogP contribution in [0.1, 0.15) is 31.7 Å². The first kappa shape index (κ1) is 7.39. The Hall–Kier alpha value is -0.720. The lowest BCUT2D eigenvalue weighted by atomic mass is 10.1. The van der Waals surface area contributed by atoms with Crippen molar-refractivity contribution in [2.24, 2.45) is 0 Å². The molecule has 0 aliphatic carbocycles. The van der Waals surface area contributed by atoms with Gasteiger partial charge in [-0.3, -0.25) is 0 Å². The molecule has 10 heavy (non-hydrogen) atoms. The molecule has 0 atom stereocenters. The van der Waals surface area contributed by atoms with Gasteiger partial charge in [0.25, 0.3) is 0 Å². The Bertz CT molecular complexity index is 153. The van der Waals surface area contributed by atoms with Gasteiger partial charge < -0.3 is 4.42 Å². The maximum absolute atomic E-state index is 4.82. The molecule has 55 valence electrons. The molecule has 1 radical (unpaired) electrons. The van der Waals surface area contributed by atoms with Crippen LogP contribution < -0.4 is 0 Å². The third-order valence-corrected chi connectivity index (χ3v) is 1.58. The summed E-state index contributed by atoms with van der Waals surface area (Å²) >= 11 is 0. The molecule has 1 aromatic rings. The van der Waals surface area contributed by atoms with Crippen LogP contribution in [0.4, 0.5) is 0 Å². The highest BCUT2D eigenvalue weighted by molar-refractivity contribution is 5.03. The molecule has 1 nitrogen and oxygen atoms in total. The monoisotopic (exact) mass is 137 g/mol.